The van der Waals surface area contributed by atoms with Crippen LogP contribution in [-0.2, 0) is 21.0 Å². The van der Waals surface area contributed by atoms with E-state index in [0.717, 1.165) is 40.8 Å². The number of hydrogen-bond acceptors (Lipinski definition) is 3. The van der Waals surface area contributed by atoms with E-state index in [-0.39, 0.29) is 6.04 Å². The molecule has 2 aromatic carbocycles. The zero-order valence-electron chi connectivity index (χ0n) is 16.3. The molecule has 2 atom stereocenters. The summed E-state index contributed by atoms with van der Waals surface area (Å²) in [6.45, 7) is 3.37. The molecule has 150 valence electrons. The minimum atomic E-state index is -3.31. The Morgan fingerprint density at radius 1 is 1.04 bits per heavy atom. The summed E-state index contributed by atoms with van der Waals surface area (Å²) in [5.41, 5.74) is 4.95. The number of sulfonamides is 1. The average Bonchev–Trinajstić information content (AvgIpc) is 3.09. The maximum Gasteiger partial charge on any atom is 0.214 e. The molecule has 0 aromatic heterocycles. The first-order valence-electron chi connectivity index (χ1n) is 9.28. The van der Waals surface area contributed by atoms with Crippen molar-refractivity contribution in [2.24, 2.45) is 0 Å². The van der Waals surface area contributed by atoms with E-state index in [1.165, 1.54) is 0 Å². The molecule has 2 aromatic rings. The van der Waals surface area contributed by atoms with Crippen molar-refractivity contribution in [3.8, 4) is 11.1 Å². The second-order valence-corrected chi connectivity index (χ2v) is 10.6. The van der Waals surface area contributed by atoms with E-state index in [1.54, 1.807) is 20.1 Å². The second-order valence-electron chi connectivity index (χ2n) is 7.22. The van der Waals surface area contributed by atoms with Gasteiger partial charge in [0, 0.05) is 18.0 Å². The van der Waals surface area contributed by atoms with Crippen LogP contribution in [0, 0.1) is 0 Å². The molecule has 1 aliphatic carbocycles. The summed E-state index contributed by atoms with van der Waals surface area (Å²) in [7, 11) is -4.43. The number of nitrogens with one attached hydrogen (secondary N) is 2. The van der Waals surface area contributed by atoms with Gasteiger partial charge in [0.05, 0.1) is 5.25 Å². The van der Waals surface area contributed by atoms with E-state index in [0.29, 0.717) is 0 Å². The summed E-state index contributed by atoms with van der Waals surface area (Å²) in [5, 5.41) is -0.449. The van der Waals surface area contributed by atoms with Crippen LogP contribution >= 0.6 is 0 Å². The first kappa shape index (κ1) is 20.8. The van der Waals surface area contributed by atoms with Crippen molar-refractivity contribution in [3.05, 3.63) is 60.2 Å². The van der Waals surface area contributed by atoms with Crippen LogP contribution < -0.4 is 9.44 Å². The fourth-order valence-electron chi connectivity index (χ4n) is 3.26. The monoisotopic (exact) mass is 418 g/mol. The van der Waals surface area contributed by atoms with Gasteiger partial charge < -0.3 is 4.72 Å². The molecule has 7 heteroatoms. The number of allylic oxidation sites excluding steroid dienone is 1. The maximum atomic E-state index is 12.2. The predicted molar refractivity (Wildman–Crippen MR) is 118 cm³/mol. The third-order valence-electron chi connectivity index (χ3n) is 4.80. The Bertz CT molecular complexity index is 997. The van der Waals surface area contributed by atoms with E-state index in [9.17, 15) is 12.6 Å². The SMILES string of the molecule is CC(C)S(=O)(=O)NC1CCC=C1c1ccc(-c2cccc(NS(C)=O)c2)cc1. The zero-order valence-corrected chi connectivity index (χ0v) is 17.9. The first-order chi connectivity index (χ1) is 13.3. The molecule has 0 bridgehead atoms. The molecule has 0 aliphatic heterocycles. The molecule has 3 rings (SSSR count). The van der Waals surface area contributed by atoms with Crippen molar-refractivity contribution in [2.45, 2.75) is 38.0 Å². The lowest BCUT2D eigenvalue weighted by Crippen LogP contribution is -2.38. The normalized spacial score (nSPS) is 18.1. The lowest BCUT2D eigenvalue weighted by atomic mass is 9.98. The van der Waals surface area contributed by atoms with E-state index >= 15 is 0 Å². The van der Waals surface area contributed by atoms with Gasteiger partial charge in [-0.2, -0.15) is 0 Å². The Labute approximate surface area is 169 Å². The van der Waals surface area contributed by atoms with E-state index < -0.39 is 26.3 Å². The van der Waals surface area contributed by atoms with E-state index in [4.69, 9.17) is 0 Å². The van der Waals surface area contributed by atoms with Crippen molar-refractivity contribution < 1.29 is 12.6 Å². The summed E-state index contributed by atoms with van der Waals surface area (Å²) in [5.74, 6) is 0. The summed E-state index contributed by atoms with van der Waals surface area (Å²) >= 11 is 0. The van der Waals surface area contributed by atoms with Crippen molar-refractivity contribution in [1.29, 1.82) is 0 Å². The lowest BCUT2D eigenvalue weighted by molar-refractivity contribution is 0.561. The minimum Gasteiger partial charge on any atom is -0.305 e. The van der Waals surface area contributed by atoms with Gasteiger partial charge in [-0.15, -0.1) is 0 Å². The van der Waals surface area contributed by atoms with Crippen LogP contribution in [0.1, 0.15) is 32.3 Å². The molecule has 0 saturated carbocycles. The van der Waals surface area contributed by atoms with Crippen molar-refractivity contribution >= 4 is 32.3 Å². The molecule has 28 heavy (non-hydrogen) atoms. The molecule has 0 amide bonds. The van der Waals surface area contributed by atoms with Gasteiger partial charge in [0.1, 0.15) is 11.0 Å². The highest BCUT2D eigenvalue weighted by atomic mass is 32.2. The van der Waals surface area contributed by atoms with Gasteiger partial charge in [-0.1, -0.05) is 42.5 Å². The summed E-state index contributed by atoms with van der Waals surface area (Å²) in [6, 6.07) is 15.7. The maximum absolute atomic E-state index is 12.2. The van der Waals surface area contributed by atoms with Crippen LogP contribution in [0.5, 0.6) is 0 Å². The number of rotatable bonds is 7. The van der Waals surface area contributed by atoms with E-state index in [1.807, 2.05) is 48.5 Å². The third kappa shape index (κ3) is 4.90. The molecular formula is C21H26N2O3S2. The standard InChI is InChI=1S/C21H26N2O3S2/c1-15(2)28(25,26)23-21-9-5-8-20(21)17-12-10-16(11-13-17)18-6-4-7-19(14-18)22-27(3)24/h4,6-8,10-15,21-23H,5,9H2,1-3H3. The molecule has 0 radical (unpaired) electrons. The molecule has 0 saturated heterocycles. The Hall–Kier alpha value is -1.96. The van der Waals surface area contributed by atoms with Crippen LogP contribution in [0.15, 0.2) is 54.6 Å². The van der Waals surface area contributed by atoms with Gasteiger partial charge in [0.25, 0.3) is 0 Å². The highest BCUT2D eigenvalue weighted by Gasteiger charge is 2.27. The fourth-order valence-corrected chi connectivity index (χ4v) is 4.63. The summed E-state index contributed by atoms with van der Waals surface area (Å²) in [4.78, 5) is 0. The average molecular weight is 419 g/mol. The van der Waals surface area contributed by atoms with Crippen molar-refractivity contribution in [2.75, 3.05) is 11.0 Å². The zero-order chi connectivity index (χ0) is 20.3. The van der Waals surface area contributed by atoms with Crippen LogP contribution in [-0.4, -0.2) is 30.2 Å². The molecule has 0 fully saturated rings. The van der Waals surface area contributed by atoms with Crippen LogP contribution in [0.3, 0.4) is 0 Å². The highest BCUT2D eigenvalue weighted by molar-refractivity contribution is 7.90. The molecule has 1 aliphatic rings. The van der Waals surface area contributed by atoms with Gasteiger partial charge in [-0.25, -0.2) is 17.3 Å². The van der Waals surface area contributed by atoms with Crippen molar-refractivity contribution in [1.82, 2.24) is 4.72 Å². The first-order valence-corrected chi connectivity index (χ1v) is 12.4. The lowest BCUT2D eigenvalue weighted by Gasteiger charge is -2.19. The molecule has 0 heterocycles. The Morgan fingerprint density at radius 2 is 1.71 bits per heavy atom. The molecule has 0 spiro atoms. The van der Waals surface area contributed by atoms with Crippen LogP contribution in [0.25, 0.3) is 16.7 Å². The van der Waals surface area contributed by atoms with Gasteiger partial charge in [-0.3, -0.25) is 0 Å². The summed E-state index contributed by atoms with van der Waals surface area (Å²) in [6.07, 6.45) is 5.36. The predicted octanol–water partition coefficient (Wildman–Crippen LogP) is 3.93. The number of benzene rings is 2. The van der Waals surface area contributed by atoms with Gasteiger partial charge >= 0.3 is 0 Å². The Morgan fingerprint density at radius 3 is 2.36 bits per heavy atom. The second kappa shape index (κ2) is 8.59. The van der Waals surface area contributed by atoms with Crippen molar-refractivity contribution in [3.63, 3.8) is 0 Å². The highest BCUT2D eigenvalue weighted by Crippen LogP contribution is 2.31. The number of hydrogen-bond donors (Lipinski definition) is 2. The molecule has 2 N–H and O–H groups in total. The topological polar surface area (TPSA) is 75.3 Å². The largest absolute Gasteiger partial charge is 0.305 e. The Kier molecular flexibility index (Phi) is 6.37. The molecule has 2 unspecified atom stereocenters. The van der Waals surface area contributed by atoms with Gasteiger partial charge in [0.2, 0.25) is 10.0 Å². The minimum absolute atomic E-state index is 0.176. The third-order valence-corrected chi connectivity index (χ3v) is 7.18. The smallest absolute Gasteiger partial charge is 0.214 e. The summed E-state index contributed by atoms with van der Waals surface area (Å²) < 4.78 is 41.6. The van der Waals surface area contributed by atoms with Gasteiger partial charge in [-0.05, 0) is 61.1 Å². The molecular weight excluding hydrogens is 392 g/mol. The van der Waals surface area contributed by atoms with Crippen LogP contribution in [0.4, 0.5) is 5.69 Å². The van der Waals surface area contributed by atoms with Crippen LogP contribution in [0.2, 0.25) is 0 Å². The fraction of sp³-hybridized carbons (Fsp3) is 0.333. The van der Waals surface area contributed by atoms with Gasteiger partial charge in [0.15, 0.2) is 0 Å². The molecule has 5 nitrogen and oxygen atoms in total. The number of anilines is 1. The quantitative estimate of drug-likeness (QED) is 0.715. The Balaban J connectivity index is 1.80. The van der Waals surface area contributed by atoms with E-state index in [2.05, 4.69) is 15.5 Å².